The van der Waals surface area contributed by atoms with Gasteiger partial charge in [0.05, 0.1) is 0 Å². The first-order valence-corrected chi connectivity index (χ1v) is 21.5. The van der Waals surface area contributed by atoms with Gasteiger partial charge in [-0.05, 0) is 176 Å². The van der Waals surface area contributed by atoms with Crippen molar-refractivity contribution in [2.45, 2.75) is 40.5 Å². The highest BCUT2D eigenvalue weighted by Gasteiger charge is 2.19. The Hall–Kier alpha value is -7.22. The fourth-order valence-corrected chi connectivity index (χ4v) is 8.92. The molecule has 0 aliphatic heterocycles. The third-order valence-corrected chi connectivity index (χ3v) is 12.2. The minimum absolute atomic E-state index is 1.01. The molecule has 0 aromatic heterocycles. The molecule has 0 unspecified atom stereocenters. The van der Waals surface area contributed by atoms with E-state index in [9.17, 15) is 0 Å². The van der Waals surface area contributed by atoms with E-state index in [1.807, 2.05) is 0 Å². The fraction of sp³-hybridized carbons (Fsp3) is 0.100. The van der Waals surface area contributed by atoms with Crippen molar-refractivity contribution in [3.63, 3.8) is 0 Å². The molecule has 1 heteroatoms. The second-order valence-corrected chi connectivity index (χ2v) is 16.3. The minimum atomic E-state index is 1.01. The van der Waals surface area contributed by atoms with Gasteiger partial charge in [0.2, 0.25) is 0 Å². The van der Waals surface area contributed by atoms with E-state index in [0.717, 1.165) is 18.5 Å². The topological polar surface area (TPSA) is 12.0 Å². The van der Waals surface area contributed by atoms with Crippen LogP contribution in [0.15, 0.2) is 206 Å². The summed E-state index contributed by atoms with van der Waals surface area (Å²) in [5.74, 6) is 0. The summed E-state index contributed by atoms with van der Waals surface area (Å²) in [7, 11) is 0. The van der Waals surface area contributed by atoms with Gasteiger partial charge in [-0.2, -0.15) is 0 Å². The van der Waals surface area contributed by atoms with Crippen LogP contribution in [0.4, 0.5) is 5.69 Å². The number of nitrogens with one attached hydrogen (secondary N) is 1. The molecule has 9 rings (SSSR count). The monoisotopic (exact) mass is 785 g/mol. The number of hydrogen-bond acceptors (Lipinski definition) is 1. The lowest BCUT2D eigenvalue weighted by Crippen LogP contribution is -2.00. The van der Waals surface area contributed by atoms with E-state index in [1.54, 1.807) is 0 Å². The summed E-state index contributed by atoms with van der Waals surface area (Å²) in [6, 6.07) is 61.8. The molecular formula is C60H51N. The number of rotatable bonds is 10. The van der Waals surface area contributed by atoms with Crippen molar-refractivity contribution in [2.75, 3.05) is 5.32 Å². The molecule has 0 radical (unpaired) electrons. The Balaban J connectivity index is 1.11. The molecular weight excluding hydrogens is 735 g/mol. The molecule has 8 aromatic carbocycles. The molecule has 1 aliphatic carbocycles. The zero-order valence-corrected chi connectivity index (χ0v) is 35.5. The Kier molecular flexibility index (Phi) is 11.3. The van der Waals surface area contributed by atoms with Gasteiger partial charge in [0, 0.05) is 11.9 Å². The maximum absolute atomic E-state index is 3.57. The molecule has 0 bridgehead atoms. The van der Waals surface area contributed by atoms with Gasteiger partial charge in [0.15, 0.2) is 0 Å². The third kappa shape index (κ3) is 8.34. The molecule has 296 valence electrons. The van der Waals surface area contributed by atoms with E-state index in [1.165, 1.54) is 105 Å². The molecule has 0 fully saturated rings. The van der Waals surface area contributed by atoms with Gasteiger partial charge in [-0.1, -0.05) is 170 Å². The minimum Gasteiger partial charge on any atom is -0.362 e. The number of anilines is 1. The summed E-state index contributed by atoms with van der Waals surface area (Å²) < 4.78 is 0. The van der Waals surface area contributed by atoms with Crippen LogP contribution in [0.25, 0.3) is 66.6 Å². The van der Waals surface area contributed by atoms with E-state index in [4.69, 9.17) is 0 Å². The van der Waals surface area contributed by atoms with E-state index in [0.29, 0.717) is 0 Å². The van der Waals surface area contributed by atoms with Gasteiger partial charge in [-0.15, -0.1) is 0 Å². The molecule has 61 heavy (non-hydrogen) atoms. The van der Waals surface area contributed by atoms with E-state index >= 15 is 0 Å². The first-order chi connectivity index (χ1) is 29.9. The summed E-state index contributed by atoms with van der Waals surface area (Å²) in [4.78, 5) is 0. The maximum atomic E-state index is 3.57. The number of allylic oxidation sites excluding steroid dienone is 8. The first kappa shape index (κ1) is 39.3. The second kappa shape index (κ2) is 17.6. The smallest absolute Gasteiger partial charge is 0.0386 e. The molecule has 1 N–H and O–H groups in total. The summed E-state index contributed by atoms with van der Waals surface area (Å²) in [5.41, 5.74) is 20.0. The van der Waals surface area contributed by atoms with E-state index < -0.39 is 0 Å². The Labute approximate surface area is 361 Å². The second-order valence-electron chi connectivity index (χ2n) is 16.3. The number of aryl methyl sites for hydroxylation is 3. The molecule has 0 heterocycles. The fourth-order valence-electron chi connectivity index (χ4n) is 8.92. The molecule has 0 amide bonds. The van der Waals surface area contributed by atoms with Crippen LogP contribution >= 0.6 is 0 Å². The van der Waals surface area contributed by atoms with E-state index in [-0.39, 0.29) is 0 Å². The van der Waals surface area contributed by atoms with Gasteiger partial charge < -0.3 is 5.32 Å². The molecule has 8 aromatic rings. The van der Waals surface area contributed by atoms with Crippen molar-refractivity contribution in [1.29, 1.82) is 0 Å². The van der Waals surface area contributed by atoms with Crippen molar-refractivity contribution in [3.8, 4) is 22.3 Å². The Morgan fingerprint density at radius 2 is 1.25 bits per heavy atom. The lowest BCUT2D eigenvalue weighted by atomic mass is 9.82. The lowest BCUT2D eigenvalue weighted by Gasteiger charge is -2.22. The zero-order chi connectivity index (χ0) is 41.7. The average Bonchev–Trinajstić information content (AvgIpc) is 3.30. The molecule has 1 nitrogen and oxygen atoms in total. The molecule has 0 atom stereocenters. The Bertz CT molecular complexity index is 3080. The third-order valence-electron chi connectivity index (χ3n) is 12.2. The highest BCUT2D eigenvalue weighted by atomic mass is 14.8. The highest BCUT2D eigenvalue weighted by molar-refractivity contribution is 6.05. The predicted molar refractivity (Wildman–Crippen MR) is 265 cm³/mol. The standard InChI is InChI=1S/C60H51N/c1-41-17-8-11-23-51(41)54-24-12-13-25-55(54)56-26-14-15-27-57(56)59-39-48-22-16-28-53(60(48)37-44(59)4)49-32-30-43(3)58(40-49)52(42(2)29-31-45-18-6-5-7-19-45)35-36-61-50-34-33-46-20-9-10-21-47(46)38-50/h5-13,15-25,27-40,61H,14,26H2,1-4H3/b31-29-,36-35+,52-42+. The van der Waals surface area contributed by atoms with Crippen LogP contribution in [-0.2, 0) is 0 Å². The zero-order valence-electron chi connectivity index (χ0n) is 35.5. The van der Waals surface area contributed by atoms with Crippen LogP contribution in [0.1, 0.15) is 58.7 Å². The van der Waals surface area contributed by atoms with Crippen molar-refractivity contribution in [3.05, 3.63) is 245 Å². The van der Waals surface area contributed by atoms with Crippen molar-refractivity contribution >= 4 is 50.0 Å². The summed E-state index contributed by atoms with van der Waals surface area (Å²) >= 11 is 0. The van der Waals surface area contributed by atoms with Gasteiger partial charge >= 0.3 is 0 Å². The normalized spacial score (nSPS) is 13.4. The van der Waals surface area contributed by atoms with Gasteiger partial charge in [0.1, 0.15) is 0 Å². The quantitative estimate of drug-likeness (QED) is 0.136. The molecule has 0 spiro atoms. The SMILES string of the molecule is CC(/C=C\c1ccccc1)=C(/C=C/Nc1ccc2ccccc2c1)c1cc(-c2cccc3cc(C4=C(c5ccccc5-c5ccccc5C)CCC=C4)c(C)cc23)ccc1C. The predicted octanol–water partition coefficient (Wildman–Crippen LogP) is 16.6. The van der Waals surface area contributed by atoms with Gasteiger partial charge in [-0.25, -0.2) is 0 Å². The summed E-state index contributed by atoms with van der Waals surface area (Å²) in [5, 5.41) is 8.54. The Morgan fingerprint density at radius 3 is 2.08 bits per heavy atom. The number of fused-ring (bicyclic) bond motifs is 2. The molecule has 0 saturated heterocycles. The average molecular weight is 786 g/mol. The Morgan fingerprint density at radius 1 is 0.525 bits per heavy atom. The van der Waals surface area contributed by atoms with E-state index in [2.05, 4.69) is 239 Å². The van der Waals surface area contributed by atoms with Crippen LogP contribution in [0.3, 0.4) is 0 Å². The van der Waals surface area contributed by atoms with Crippen LogP contribution in [0.5, 0.6) is 0 Å². The van der Waals surface area contributed by atoms with Crippen molar-refractivity contribution in [1.82, 2.24) is 0 Å². The first-order valence-electron chi connectivity index (χ1n) is 21.5. The van der Waals surface area contributed by atoms with Crippen LogP contribution < -0.4 is 5.32 Å². The largest absolute Gasteiger partial charge is 0.362 e. The summed E-state index contributed by atoms with van der Waals surface area (Å²) in [6.07, 6.45) is 15.5. The van der Waals surface area contributed by atoms with Crippen molar-refractivity contribution in [2.24, 2.45) is 0 Å². The van der Waals surface area contributed by atoms with Gasteiger partial charge in [0.25, 0.3) is 0 Å². The molecule has 0 saturated carbocycles. The lowest BCUT2D eigenvalue weighted by molar-refractivity contribution is 1.06. The number of benzene rings is 8. The number of hydrogen-bond donors (Lipinski definition) is 1. The van der Waals surface area contributed by atoms with Crippen LogP contribution in [0, 0.1) is 20.8 Å². The maximum Gasteiger partial charge on any atom is 0.0386 e. The van der Waals surface area contributed by atoms with Crippen LogP contribution in [0.2, 0.25) is 0 Å². The summed E-state index contributed by atoms with van der Waals surface area (Å²) in [6.45, 7) is 8.93. The highest BCUT2D eigenvalue weighted by Crippen LogP contribution is 2.42. The van der Waals surface area contributed by atoms with Crippen LogP contribution in [-0.4, -0.2) is 0 Å². The molecule has 1 aliphatic rings. The van der Waals surface area contributed by atoms with Crippen molar-refractivity contribution < 1.29 is 0 Å². The van der Waals surface area contributed by atoms with Gasteiger partial charge in [-0.3, -0.25) is 0 Å².